The van der Waals surface area contributed by atoms with Crippen molar-refractivity contribution in [3.63, 3.8) is 0 Å². The summed E-state index contributed by atoms with van der Waals surface area (Å²) in [5, 5.41) is 7.09. The number of amides is 1. The van der Waals surface area contributed by atoms with Gasteiger partial charge in [0.1, 0.15) is 5.60 Å². The Morgan fingerprint density at radius 2 is 1.90 bits per heavy atom. The predicted octanol–water partition coefficient (Wildman–Crippen LogP) is 4.20. The van der Waals surface area contributed by atoms with E-state index in [1.807, 2.05) is 45.0 Å². The van der Waals surface area contributed by atoms with Crippen LogP contribution in [0, 0.1) is 0 Å². The lowest BCUT2D eigenvalue weighted by Gasteiger charge is -2.22. The number of anilines is 1. The fraction of sp³-hybridized carbons (Fsp3) is 0.562. The van der Waals surface area contributed by atoms with Crippen LogP contribution in [0.15, 0.2) is 24.3 Å². The smallest absolute Gasteiger partial charge is 0.407 e. The Morgan fingerprint density at radius 3 is 2.57 bits per heavy atom. The monoisotopic (exact) mass is 310 g/mol. The molecule has 0 aliphatic heterocycles. The zero-order chi connectivity index (χ0) is 15.5. The molecule has 0 bridgehead atoms. The van der Waals surface area contributed by atoms with Gasteiger partial charge in [-0.1, -0.05) is 23.7 Å². The molecule has 2 atom stereocenters. The summed E-state index contributed by atoms with van der Waals surface area (Å²) in [5.74, 6) is 0. The van der Waals surface area contributed by atoms with Crippen molar-refractivity contribution < 1.29 is 9.53 Å². The second-order valence-corrected chi connectivity index (χ2v) is 6.88. The number of halogens is 1. The van der Waals surface area contributed by atoms with Gasteiger partial charge in [-0.3, -0.25) is 0 Å². The lowest BCUT2D eigenvalue weighted by atomic mass is 10.2. The quantitative estimate of drug-likeness (QED) is 0.879. The van der Waals surface area contributed by atoms with Crippen LogP contribution in [0.5, 0.6) is 0 Å². The van der Waals surface area contributed by atoms with E-state index in [1.165, 1.54) is 0 Å². The Morgan fingerprint density at radius 1 is 1.24 bits per heavy atom. The minimum Gasteiger partial charge on any atom is -0.444 e. The maximum Gasteiger partial charge on any atom is 0.407 e. The molecule has 2 N–H and O–H groups in total. The highest BCUT2D eigenvalue weighted by Gasteiger charge is 2.27. The number of benzene rings is 1. The van der Waals surface area contributed by atoms with Gasteiger partial charge >= 0.3 is 6.09 Å². The van der Waals surface area contributed by atoms with Crippen LogP contribution in [0.2, 0.25) is 5.02 Å². The molecular weight excluding hydrogens is 288 g/mol. The van der Waals surface area contributed by atoms with E-state index in [9.17, 15) is 4.79 Å². The van der Waals surface area contributed by atoms with Crippen LogP contribution < -0.4 is 10.6 Å². The van der Waals surface area contributed by atoms with E-state index in [0.29, 0.717) is 6.04 Å². The first kappa shape index (κ1) is 16.0. The van der Waals surface area contributed by atoms with Crippen LogP contribution in [0.3, 0.4) is 0 Å². The number of carbonyl (C=O) groups is 1. The maximum absolute atomic E-state index is 11.8. The molecule has 0 saturated heterocycles. The summed E-state index contributed by atoms with van der Waals surface area (Å²) in [6.07, 6.45) is 2.49. The number of hydrogen-bond donors (Lipinski definition) is 2. The maximum atomic E-state index is 11.8. The Bertz CT molecular complexity index is 499. The van der Waals surface area contributed by atoms with Gasteiger partial charge in [0.15, 0.2) is 0 Å². The number of ether oxygens (including phenoxy) is 1. The van der Waals surface area contributed by atoms with E-state index in [1.54, 1.807) is 0 Å². The Balaban J connectivity index is 1.81. The number of nitrogens with one attached hydrogen (secondary N) is 2. The van der Waals surface area contributed by atoms with Gasteiger partial charge in [-0.25, -0.2) is 4.79 Å². The molecule has 21 heavy (non-hydrogen) atoms. The van der Waals surface area contributed by atoms with E-state index in [0.717, 1.165) is 30.0 Å². The molecule has 0 spiro atoms. The highest BCUT2D eigenvalue weighted by atomic mass is 35.5. The van der Waals surface area contributed by atoms with Crippen LogP contribution in [0.1, 0.15) is 40.0 Å². The molecule has 2 rings (SSSR count). The third-order valence-electron chi connectivity index (χ3n) is 3.39. The van der Waals surface area contributed by atoms with E-state index < -0.39 is 5.60 Å². The molecule has 1 aromatic carbocycles. The fourth-order valence-corrected chi connectivity index (χ4v) is 2.71. The summed E-state index contributed by atoms with van der Waals surface area (Å²) >= 11 is 6.14. The summed E-state index contributed by atoms with van der Waals surface area (Å²) in [7, 11) is 0. The van der Waals surface area contributed by atoms with Gasteiger partial charge in [0, 0.05) is 12.1 Å². The topological polar surface area (TPSA) is 50.4 Å². The van der Waals surface area contributed by atoms with Crippen molar-refractivity contribution in [2.45, 2.75) is 57.7 Å². The van der Waals surface area contributed by atoms with Crippen molar-refractivity contribution in [2.75, 3.05) is 5.32 Å². The largest absolute Gasteiger partial charge is 0.444 e. The molecule has 5 heteroatoms. The van der Waals surface area contributed by atoms with Gasteiger partial charge in [0.2, 0.25) is 0 Å². The number of carbonyl (C=O) groups excluding carboxylic acids is 1. The van der Waals surface area contributed by atoms with Crippen LogP contribution in [0.25, 0.3) is 0 Å². The number of para-hydroxylation sites is 1. The van der Waals surface area contributed by atoms with Crippen molar-refractivity contribution in [2.24, 2.45) is 0 Å². The van der Waals surface area contributed by atoms with E-state index >= 15 is 0 Å². The van der Waals surface area contributed by atoms with Gasteiger partial charge in [-0.15, -0.1) is 0 Å². The number of alkyl carbamates (subject to hydrolysis) is 1. The van der Waals surface area contributed by atoms with Crippen LogP contribution in [0.4, 0.5) is 10.5 Å². The summed E-state index contributed by atoms with van der Waals surface area (Å²) in [5.41, 5.74) is 0.486. The zero-order valence-electron chi connectivity index (χ0n) is 12.8. The fourth-order valence-electron chi connectivity index (χ4n) is 2.52. The second kappa shape index (κ2) is 6.56. The Kier molecular flexibility index (Phi) is 4.99. The highest BCUT2D eigenvalue weighted by molar-refractivity contribution is 6.33. The first-order valence-electron chi connectivity index (χ1n) is 7.34. The van der Waals surface area contributed by atoms with Gasteiger partial charge in [-0.2, -0.15) is 0 Å². The van der Waals surface area contributed by atoms with Crippen molar-refractivity contribution in [1.82, 2.24) is 5.32 Å². The van der Waals surface area contributed by atoms with Crippen molar-refractivity contribution >= 4 is 23.4 Å². The lowest BCUT2D eigenvalue weighted by Crippen LogP contribution is -2.38. The van der Waals surface area contributed by atoms with Crippen molar-refractivity contribution in [3.05, 3.63) is 29.3 Å². The molecular formula is C16H23ClN2O2. The third-order valence-corrected chi connectivity index (χ3v) is 3.72. The molecule has 1 aliphatic rings. The Hall–Kier alpha value is -1.42. The minimum absolute atomic E-state index is 0.153. The van der Waals surface area contributed by atoms with Crippen LogP contribution in [-0.2, 0) is 4.74 Å². The average Bonchev–Trinajstić information content (AvgIpc) is 2.77. The van der Waals surface area contributed by atoms with Crippen LogP contribution >= 0.6 is 11.6 Å². The first-order valence-corrected chi connectivity index (χ1v) is 7.72. The lowest BCUT2D eigenvalue weighted by molar-refractivity contribution is 0.0505. The third kappa shape index (κ3) is 5.12. The summed E-state index contributed by atoms with van der Waals surface area (Å²) in [4.78, 5) is 11.8. The highest BCUT2D eigenvalue weighted by Crippen LogP contribution is 2.27. The first-order chi connectivity index (χ1) is 9.83. The molecule has 4 nitrogen and oxygen atoms in total. The predicted molar refractivity (Wildman–Crippen MR) is 85.9 cm³/mol. The minimum atomic E-state index is -0.460. The Labute approximate surface area is 131 Å². The van der Waals surface area contributed by atoms with Gasteiger partial charge < -0.3 is 15.4 Å². The molecule has 1 amide bonds. The molecule has 1 aromatic rings. The molecule has 2 unspecified atom stereocenters. The summed E-state index contributed by atoms with van der Waals surface area (Å²) < 4.78 is 5.28. The van der Waals surface area contributed by atoms with Crippen LogP contribution in [-0.4, -0.2) is 23.8 Å². The normalized spacial score (nSPS) is 21.9. The summed E-state index contributed by atoms with van der Waals surface area (Å²) in [6.45, 7) is 5.59. The summed E-state index contributed by atoms with van der Waals surface area (Å²) in [6, 6.07) is 8.19. The molecule has 1 fully saturated rings. The molecule has 1 aliphatic carbocycles. The van der Waals surface area contributed by atoms with E-state index in [-0.39, 0.29) is 12.1 Å². The van der Waals surface area contributed by atoms with Crippen molar-refractivity contribution in [3.8, 4) is 0 Å². The molecule has 0 aromatic heterocycles. The number of rotatable bonds is 3. The SMILES string of the molecule is CC(C)(C)OC(=O)NC1CCC(Nc2ccccc2Cl)C1. The molecule has 116 valence electrons. The molecule has 0 heterocycles. The van der Waals surface area contributed by atoms with Gasteiger partial charge in [-0.05, 0) is 52.2 Å². The van der Waals surface area contributed by atoms with Crippen molar-refractivity contribution in [1.29, 1.82) is 0 Å². The number of hydrogen-bond acceptors (Lipinski definition) is 3. The van der Waals surface area contributed by atoms with Gasteiger partial charge in [0.25, 0.3) is 0 Å². The van der Waals surface area contributed by atoms with E-state index in [2.05, 4.69) is 10.6 Å². The second-order valence-electron chi connectivity index (χ2n) is 6.48. The zero-order valence-corrected chi connectivity index (χ0v) is 13.5. The van der Waals surface area contributed by atoms with Gasteiger partial charge in [0.05, 0.1) is 10.7 Å². The molecule has 0 radical (unpaired) electrons. The average molecular weight is 311 g/mol. The van der Waals surface area contributed by atoms with E-state index in [4.69, 9.17) is 16.3 Å². The standard InChI is InChI=1S/C16H23ClN2O2/c1-16(2,3)21-15(20)19-12-9-8-11(10-12)18-14-7-5-4-6-13(14)17/h4-7,11-12,18H,8-10H2,1-3H3,(H,19,20). The molecule has 1 saturated carbocycles.